The number of aromatic nitrogens is 3. The van der Waals surface area contributed by atoms with E-state index in [1.807, 2.05) is 30.3 Å². The van der Waals surface area contributed by atoms with Gasteiger partial charge in [0.15, 0.2) is 0 Å². The number of hydrogen-bond acceptors (Lipinski definition) is 5. The van der Waals surface area contributed by atoms with E-state index in [0.29, 0.717) is 24.6 Å². The number of para-hydroxylation sites is 1. The van der Waals surface area contributed by atoms with Gasteiger partial charge in [0.2, 0.25) is 5.95 Å². The average molecular weight is 331 g/mol. The second-order valence-corrected chi connectivity index (χ2v) is 5.84. The molecule has 1 N–H and O–H groups in total. The van der Waals surface area contributed by atoms with Crippen molar-refractivity contribution in [3.63, 3.8) is 0 Å². The summed E-state index contributed by atoms with van der Waals surface area (Å²) in [4.78, 5) is 27.0. The molecule has 0 spiro atoms. The van der Waals surface area contributed by atoms with Gasteiger partial charge in [-0.1, -0.05) is 18.2 Å². The molecule has 2 aromatic heterocycles. The third-order valence-electron chi connectivity index (χ3n) is 4.23. The SMILES string of the molecule is O=C(c1cnc(NCc2ccncc2)nc1)N1CCc2ccccc21. The first-order chi connectivity index (χ1) is 12.3. The zero-order valence-electron chi connectivity index (χ0n) is 13.6. The maximum absolute atomic E-state index is 12.7. The number of carbonyl (C=O) groups is 1. The van der Waals surface area contributed by atoms with Crippen LogP contribution in [-0.2, 0) is 13.0 Å². The molecule has 0 aliphatic carbocycles. The van der Waals surface area contributed by atoms with Gasteiger partial charge in [0, 0.05) is 43.6 Å². The maximum atomic E-state index is 12.7. The predicted octanol–water partition coefficient (Wildman–Crippen LogP) is 2.69. The van der Waals surface area contributed by atoms with E-state index in [9.17, 15) is 4.79 Å². The van der Waals surface area contributed by atoms with E-state index in [2.05, 4.69) is 26.3 Å². The van der Waals surface area contributed by atoms with E-state index in [4.69, 9.17) is 0 Å². The van der Waals surface area contributed by atoms with Crippen molar-refractivity contribution in [2.45, 2.75) is 13.0 Å². The van der Waals surface area contributed by atoms with E-state index in [1.165, 1.54) is 5.56 Å². The Morgan fingerprint density at radius 1 is 1.08 bits per heavy atom. The Labute approximate surface area is 145 Å². The first-order valence-electron chi connectivity index (χ1n) is 8.16. The van der Waals surface area contributed by atoms with E-state index in [0.717, 1.165) is 17.7 Å². The molecule has 3 heterocycles. The molecule has 6 nitrogen and oxygen atoms in total. The summed E-state index contributed by atoms with van der Waals surface area (Å²) in [5, 5.41) is 3.14. The molecule has 0 atom stereocenters. The van der Waals surface area contributed by atoms with E-state index in [1.54, 1.807) is 29.7 Å². The van der Waals surface area contributed by atoms with Gasteiger partial charge in [-0.25, -0.2) is 9.97 Å². The first kappa shape index (κ1) is 15.3. The number of nitrogens with one attached hydrogen (secondary N) is 1. The number of carbonyl (C=O) groups excluding carboxylic acids is 1. The van der Waals surface area contributed by atoms with Crippen LogP contribution in [0.15, 0.2) is 61.2 Å². The van der Waals surface area contributed by atoms with Gasteiger partial charge in [-0.2, -0.15) is 0 Å². The van der Waals surface area contributed by atoms with Gasteiger partial charge >= 0.3 is 0 Å². The highest BCUT2D eigenvalue weighted by atomic mass is 16.2. The lowest BCUT2D eigenvalue weighted by atomic mass is 10.2. The fourth-order valence-electron chi connectivity index (χ4n) is 2.92. The predicted molar refractivity (Wildman–Crippen MR) is 95.4 cm³/mol. The second kappa shape index (κ2) is 6.68. The molecular formula is C19H17N5O. The summed E-state index contributed by atoms with van der Waals surface area (Å²) in [5.41, 5.74) is 3.76. The third-order valence-corrected chi connectivity index (χ3v) is 4.23. The molecule has 1 aliphatic heterocycles. The van der Waals surface area contributed by atoms with Crippen LogP contribution in [0.5, 0.6) is 0 Å². The van der Waals surface area contributed by atoms with Gasteiger partial charge in [-0.15, -0.1) is 0 Å². The summed E-state index contributed by atoms with van der Waals surface area (Å²) in [7, 11) is 0. The summed E-state index contributed by atoms with van der Waals surface area (Å²) in [5.74, 6) is 0.431. The van der Waals surface area contributed by atoms with Crippen LogP contribution in [0.3, 0.4) is 0 Å². The van der Waals surface area contributed by atoms with E-state index < -0.39 is 0 Å². The summed E-state index contributed by atoms with van der Waals surface area (Å²) >= 11 is 0. The lowest BCUT2D eigenvalue weighted by Gasteiger charge is -2.17. The van der Waals surface area contributed by atoms with Crippen molar-refractivity contribution < 1.29 is 4.79 Å². The van der Waals surface area contributed by atoms with Crippen molar-refractivity contribution in [1.82, 2.24) is 15.0 Å². The number of hydrogen-bond donors (Lipinski definition) is 1. The van der Waals surface area contributed by atoms with Crippen LogP contribution in [0.25, 0.3) is 0 Å². The highest BCUT2D eigenvalue weighted by Gasteiger charge is 2.25. The summed E-state index contributed by atoms with van der Waals surface area (Å²) < 4.78 is 0. The highest BCUT2D eigenvalue weighted by Crippen LogP contribution is 2.28. The minimum Gasteiger partial charge on any atom is -0.350 e. The monoisotopic (exact) mass is 331 g/mol. The Morgan fingerprint density at radius 3 is 2.64 bits per heavy atom. The standard InChI is InChI=1S/C19H17N5O/c25-18(24-10-7-15-3-1-2-4-17(15)24)16-12-22-19(23-13-16)21-11-14-5-8-20-9-6-14/h1-6,8-9,12-13H,7,10-11H2,(H,21,22,23). The number of anilines is 2. The van der Waals surface area contributed by atoms with Crippen molar-refractivity contribution in [3.8, 4) is 0 Å². The molecule has 0 saturated heterocycles. The van der Waals surface area contributed by atoms with Gasteiger partial charge in [0.1, 0.15) is 0 Å². The number of fused-ring (bicyclic) bond motifs is 1. The van der Waals surface area contributed by atoms with E-state index >= 15 is 0 Å². The minimum absolute atomic E-state index is 0.0642. The number of benzene rings is 1. The van der Waals surface area contributed by atoms with Crippen molar-refractivity contribution in [2.24, 2.45) is 0 Å². The number of amides is 1. The summed E-state index contributed by atoms with van der Waals surface area (Å²) in [6.45, 7) is 1.30. The zero-order valence-corrected chi connectivity index (χ0v) is 13.6. The van der Waals surface area contributed by atoms with Crippen LogP contribution in [-0.4, -0.2) is 27.4 Å². The molecule has 1 aromatic carbocycles. The topological polar surface area (TPSA) is 71.0 Å². The Morgan fingerprint density at radius 2 is 1.84 bits per heavy atom. The molecule has 25 heavy (non-hydrogen) atoms. The van der Waals surface area contributed by atoms with Gasteiger partial charge in [0.25, 0.3) is 5.91 Å². The molecule has 3 aromatic rings. The minimum atomic E-state index is -0.0642. The smallest absolute Gasteiger partial charge is 0.261 e. The second-order valence-electron chi connectivity index (χ2n) is 5.84. The fourth-order valence-corrected chi connectivity index (χ4v) is 2.92. The summed E-state index contributed by atoms with van der Waals surface area (Å²) in [6, 6.07) is 11.8. The van der Waals surface area contributed by atoms with Crippen molar-refractivity contribution in [1.29, 1.82) is 0 Å². The van der Waals surface area contributed by atoms with Crippen LogP contribution < -0.4 is 10.2 Å². The van der Waals surface area contributed by atoms with Crippen LogP contribution >= 0.6 is 0 Å². The van der Waals surface area contributed by atoms with Crippen LogP contribution in [0.1, 0.15) is 21.5 Å². The molecular weight excluding hydrogens is 314 g/mol. The highest BCUT2D eigenvalue weighted by molar-refractivity contribution is 6.06. The normalized spacial score (nSPS) is 12.7. The third kappa shape index (κ3) is 3.19. The number of nitrogens with zero attached hydrogens (tertiary/aromatic N) is 4. The maximum Gasteiger partial charge on any atom is 0.261 e. The number of pyridine rings is 1. The van der Waals surface area contributed by atoms with E-state index in [-0.39, 0.29) is 5.91 Å². The van der Waals surface area contributed by atoms with Gasteiger partial charge in [-0.05, 0) is 35.7 Å². The van der Waals surface area contributed by atoms with Gasteiger partial charge in [0.05, 0.1) is 5.56 Å². The molecule has 124 valence electrons. The molecule has 6 heteroatoms. The Hall–Kier alpha value is -3.28. The molecule has 0 bridgehead atoms. The van der Waals surface area contributed by atoms with Crippen molar-refractivity contribution in [2.75, 3.05) is 16.8 Å². The average Bonchev–Trinajstić information content (AvgIpc) is 3.11. The Kier molecular flexibility index (Phi) is 4.08. The fraction of sp³-hybridized carbons (Fsp3) is 0.158. The molecule has 0 radical (unpaired) electrons. The van der Waals surface area contributed by atoms with Crippen LogP contribution in [0.2, 0.25) is 0 Å². The quantitative estimate of drug-likeness (QED) is 0.796. The van der Waals surface area contributed by atoms with Crippen molar-refractivity contribution in [3.05, 3.63) is 77.9 Å². The Balaban J connectivity index is 1.44. The molecule has 4 rings (SSSR count). The molecule has 0 fully saturated rings. The van der Waals surface area contributed by atoms with Gasteiger partial charge < -0.3 is 10.2 Å². The molecule has 1 aliphatic rings. The molecule has 0 saturated carbocycles. The molecule has 1 amide bonds. The largest absolute Gasteiger partial charge is 0.350 e. The first-order valence-corrected chi connectivity index (χ1v) is 8.16. The van der Waals surface area contributed by atoms with Crippen LogP contribution in [0, 0.1) is 0 Å². The number of rotatable bonds is 4. The lowest BCUT2D eigenvalue weighted by Crippen LogP contribution is -2.29. The lowest BCUT2D eigenvalue weighted by molar-refractivity contribution is 0.0988. The zero-order chi connectivity index (χ0) is 17.1. The van der Waals surface area contributed by atoms with Crippen molar-refractivity contribution >= 4 is 17.5 Å². The molecule has 0 unspecified atom stereocenters. The Bertz CT molecular complexity index is 880. The summed E-state index contributed by atoms with van der Waals surface area (Å²) in [6.07, 6.45) is 7.52. The van der Waals surface area contributed by atoms with Gasteiger partial charge in [-0.3, -0.25) is 9.78 Å². The van der Waals surface area contributed by atoms with Crippen LogP contribution in [0.4, 0.5) is 11.6 Å².